The van der Waals surface area contributed by atoms with Crippen LogP contribution in [-0.2, 0) is 4.79 Å². The lowest BCUT2D eigenvalue weighted by Crippen LogP contribution is -2.33. The molecule has 1 amide bonds. The van der Waals surface area contributed by atoms with Crippen molar-refractivity contribution in [2.45, 2.75) is 32.2 Å². The number of hydrogen-bond donors (Lipinski definition) is 3. The molecular weight excluding hydrogens is 251 g/mol. The topological polar surface area (TPSA) is 92.4 Å². The molecule has 0 aromatic heterocycles. The van der Waals surface area contributed by atoms with E-state index in [1.165, 1.54) is 0 Å². The second-order valence-electron chi connectivity index (χ2n) is 5.03. The van der Waals surface area contributed by atoms with Crippen molar-refractivity contribution >= 4 is 17.6 Å². The van der Waals surface area contributed by atoms with Crippen molar-refractivity contribution in [3.05, 3.63) is 29.6 Å². The van der Waals surface area contributed by atoms with Gasteiger partial charge >= 0.3 is 5.97 Å². The predicted octanol–water partition coefficient (Wildman–Crippen LogP) is 1.98. The second-order valence-corrected chi connectivity index (χ2v) is 5.03. The van der Waals surface area contributed by atoms with Gasteiger partial charge in [-0.3, -0.25) is 4.79 Å². The van der Waals surface area contributed by atoms with Crippen molar-refractivity contribution in [1.29, 1.82) is 0 Å². The molecule has 0 radical (unpaired) electrons. The van der Waals surface area contributed by atoms with Crippen molar-refractivity contribution in [3.8, 4) is 0 Å². The summed E-state index contributed by atoms with van der Waals surface area (Å²) >= 11 is 0. The summed E-state index contributed by atoms with van der Waals surface area (Å²) in [5, 5.41) is 11.3. The smallest absolute Gasteiger partial charge is 0.337 e. The highest BCUT2D eigenvalue weighted by Crippen LogP contribution is 2.18. The molecule has 0 bridgehead atoms. The van der Waals surface area contributed by atoms with Crippen LogP contribution in [-0.4, -0.2) is 22.5 Å². The van der Waals surface area contributed by atoms with E-state index in [0.29, 0.717) is 6.42 Å². The van der Waals surface area contributed by atoms with E-state index in [2.05, 4.69) is 5.32 Å². The lowest BCUT2D eigenvalue weighted by atomic mass is 10.00. The minimum atomic E-state index is -1.23. The third-order valence-electron chi connectivity index (χ3n) is 2.48. The third kappa shape index (κ3) is 5.05. The van der Waals surface area contributed by atoms with Crippen LogP contribution in [0.2, 0.25) is 0 Å². The molecule has 0 saturated carbocycles. The Bertz CT molecular complexity index is 495. The summed E-state index contributed by atoms with van der Waals surface area (Å²) in [5.74, 6) is -2.24. The maximum absolute atomic E-state index is 13.1. The SMILES string of the molecule is CC(C)(N)CCC(=O)Nc1cc(F)ccc1C(=O)O. The highest BCUT2D eigenvalue weighted by molar-refractivity contribution is 6.00. The van der Waals surface area contributed by atoms with E-state index < -0.39 is 23.2 Å². The molecule has 0 fully saturated rings. The molecular formula is C13H17FN2O3. The number of anilines is 1. The molecule has 0 aliphatic rings. The van der Waals surface area contributed by atoms with E-state index >= 15 is 0 Å². The maximum atomic E-state index is 13.1. The number of benzene rings is 1. The molecule has 0 aliphatic carbocycles. The number of carbonyl (C=O) groups excluding carboxylic acids is 1. The highest BCUT2D eigenvalue weighted by Gasteiger charge is 2.16. The first-order chi connectivity index (χ1) is 8.69. The van der Waals surface area contributed by atoms with Gasteiger partial charge in [-0.15, -0.1) is 0 Å². The number of halogens is 1. The lowest BCUT2D eigenvalue weighted by molar-refractivity contribution is -0.116. The van der Waals surface area contributed by atoms with Crippen LogP contribution in [0.3, 0.4) is 0 Å². The average molecular weight is 268 g/mol. The molecule has 4 N–H and O–H groups in total. The van der Waals surface area contributed by atoms with Crippen LogP contribution >= 0.6 is 0 Å². The van der Waals surface area contributed by atoms with Crippen LogP contribution in [0, 0.1) is 5.82 Å². The zero-order chi connectivity index (χ0) is 14.6. The Kier molecular flexibility index (Phi) is 4.61. The maximum Gasteiger partial charge on any atom is 0.337 e. The molecule has 5 nitrogen and oxygen atoms in total. The minimum Gasteiger partial charge on any atom is -0.478 e. The third-order valence-corrected chi connectivity index (χ3v) is 2.48. The number of nitrogens with two attached hydrogens (primary N) is 1. The van der Waals surface area contributed by atoms with Crippen LogP contribution in [0.1, 0.15) is 37.0 Å². The number of hydrogen-bond acceptors (Lipinski definition) is 3. The number of carboxylic acid groups (broad SMARTS) is 1. The van der Waals surface area contributed by atoms with E-state index in [1.807, 2.05) is 0 Å². The molecule has 6 heteroatoms. The van der Waals surface area contributed by atoms with Crippen molar-refractivity contribution in [2.75, 3.05) is 5.32 Å². The van der Waals surface area contributed by atoms with Gasteiger partial charge in [-0.2, -0.15) is 0 Å². The van der Waals surface area contributed by atoms with E-state index in [-0.39, 0.29) is 17.7 Å². The Morgan fingerprint density at radius 1 is 1.42 bits per heavy atom. The lowest BCUT2D eigenvalue weighted by Gasteiger charge is -2.17. The summed E-state index contributed by atoms with van der Waals surface area (Å²) < 4.78 is 13.1. The molecule has 1 aromatic carbocycles. The van der Waals surface area contributed by atoms with Gasteiger partial charge in [0, 0.05) is 12.0 Å². The van der Waals surface area contributed by atoms with Gasteiger partial charge in [0.1, 0.15) is 5.82 Å². The number of amides is 1. The van der Waals surface area contributed by atoms with Crippen LogP contribution in [0.25, 0.3) is 0 Å². The van der Waals surface area contributed by atoms with E-state index in [9.17, 15) is 14.0 Å². The van der Waals surface area contributed by atoms with Crippen molar-refractivity contribution in [3.63, 3.8) is 0 Å². The van der Waals surface area contributed by atoms with Gasteiger partial charge in [0.2, 0.25) is 5.91 Å². The van der Waals surface area contributed by atoms with E-state index in [4.69, 9.17) is 10.8 Å². The fourth-order valence-corrected chi connectivity index (χ4v) is 1.45. The predicted molar refractivity (Wildman–Crippen MR) is 69.5 cm³/mol. The monoisotopic (exact) mass is 268 g/mol. The highest BCUT2D eigenvalue weighted by atomic mass is 19.1. The Morgan fingerprint density at radius 3 is 2.58 bits per heavy atom. The number of rotatable bonds is 5. The zero-order valence-electron chi connectivity index (χ0n) is 10.9. The molecule has 0 spiro atoms. The molecule has 104 valence electrons. The van der Waals surface area contributed by atoms with Gasteiger partial charge in [-0.1, -0.05) is 0 Å². The van der Waals surface area contributed by atoms with Gasteiger partial charge in [-0.25, -0.2) is 9.18 Å². The molecule has 0 atom stereocenters. The van der Waals surface area contributed by atoms with Crippen molar-refractivity contribution < 1.29 is 19.1 Å². The quantitative estimate of drug-likeness (QED) is 0.761. The first-order valence-electron chi connectivity index (χ1n) is 5.80. The molecule has 1 rings (SSSR count). The minimum absolute atomic E-state index is 0.0488. The molecule has 19 heavy (non-hydrogen) atoms. The largest absolute Gasteiger partial charge is 0.478 e. The van der Waals surface area contributed by atoms with E-state index in [1.54, 1.807) is 13.8 Å². The van der Waals surface area contributed by atoms with E-state index in [0.717, 1.165) is 18.2 Å². The Hall–Kier alpha value is -1.95. The average Bonchev–Trinajstić information content (AvgIpc) is 2.25. The summed E-state index contributed by atoms with van der Waals surface area (Å²) in [6, 6.07) is 3.12. The van der Waals surface area contributed by atoms with Gasteiger partial charge in [0.15, 0.2) is 0 Å². The molecule has 0 saturated heterocycles. The first-order valence-corrected chi connectivity index (χ1v) is 5.80. The summed E-state index contributed by atoms with van der Waals surface area (Å²) in [6.45, 7) is 3.57. The Morgan fingerprint density at radius 2 is 2.05 bits per heavy atom. The summed E-state index contributed by atoms with van der Waals surface area (Å²) in [6.07, 6.45) is 0.579. The summed E-state index contributed by atoms with van der Waals surface area (Å²) in [5.41, 5.74) is 5.05. The summed E-state index contributed by atoms with van der Waals surface area (Å²) in [4.78, 5) is 22.6. The van der Waals surface area contributed by atoms with Gasteiger partial charge in [-0.05, 0) is 38.5 Å². The molecule has 1 aromatic rings. The Labute approximate surface area is 110 Å². The molecule has 0 aliphatic heterocycles. The van der Waals surface area contributed by atoms with Crippen LogP contribution in [0.5, 0.6) is 0 Å². The second kappa shape index (κ2) is 5.79. The van der Waals surface area contributed by atoms with Gasteiger partial charge in [0.25, 0.3) is 0 Å². The van der Waals surface area contributed by atoms with Crippen molar-refractivity contribution in [2.24, 2.45) is 5.73 Å². The van der Waals surface area contributed by atoms with Crippen LogP contribution in [0.15, 0.2) is 18.2 Å². The molecule has 0 unspecified atom stereocenters. The zero-order valence-corrected chi connectivity index (χ0v) is 10.9. The fraction of sp³-hybridized carbons (Fsp3) is 0.385. The van der Waals surface area contributed by atoms with Gasteiger partial charge < -0.3 is 16.2 Å². The Balaban J connectivity index is 2.78. The fourth-order valence-electron chi connectivity index (χ4n) is 1.45. The number of carbonyl (C=O) groups is 2. The summed E-state index contributed by atoms with van der Waals surface area (Å²) in [7, 11) is 0. The standard InChI is InChI=1S/C13H17FN2O3/c1-13(2,15)6-5-11(17)16-10-7-8(14)3-4-9(10)12(18)19/h3-4,7H,5-6,15H2,1-2H3,(H,16,17)(H,18,19). The normalized spacial score (nSPS) is 11.2. The first kappa shape index (κ1) is 15.1. The van der Waals surface area contributed by atoms with Crippen molar-refractivity contribution in [1.82, 2.24) is 0 Å². The molecule has 0 heterocycles. The number of nitrogens with one attached hydrogen (secondary N) is 1. The number of aromatic carboxylic acids is 1. The van der Waals surface area contributed by atoms with Gasteiger partial charge in [0.05, 0.1) is 11.3 Å². The van der Waals surface area contributed by atoms with Crippen LogP contribution < -0.4 is 11.1 Å². The van der Waals surface area contributed by atoms with Crippen LogP contribution in [0.4, 0.5) is 10.1 Å². The number of carboxylic acids is 1.